The number of pyridine rings is 1. The highest BCUT2D eigenvalue weighted by atomic mass is 16.5. The molecule has 0 radical (unpaired) electrons. The molecule has 142 valence electrons. The Hall–Kier alpha value is -3.67. The van der Waals surface area contributed by atoms with Crippen LogP contribution in [0.4, 0.5) is 11.4 Å². The predicted molar refractivity (Wildman–Crippen MR) is 109 cm³/mol. The molecule has 0 atom stereocenters. The van der Waals surface area contributed by atoms with Crippen LogP contribution in [-0.2, 0) is 0 Å². The zero-order valence-corrected chi connectivity index (χ0v) is 15.9. The van der Waals surface area contributed by atoms with Gasteiger partial charge in [0, 0.05) is 23.1 Å². The first-order chi connectivity index (χ1) is 13.5. The monoisotopic (exact) mass is 375 g/mol. The van der Waals surface area contributed by atoms with Crippen LogP contribution in [0.3, 0.4) is 0 Å². The van der Waals surface area contributed by atoms with Gasteiger partial charge in [0.15, 0.2) is 0 Å². The van der Waals surface area contributed by atoms with Gasteiger partial charge in [0.1, 0.15) is 11.4 Å². The number of rotatable bonds is 5. The van der Waals surface area contributed by atoms with Crippen LogP contribution in [0.25, 0.3) is 0 Å². The van der Waals surface area contributed by atoms with E-state index in [0.29, 0.717) is 17.0 Å². The zero-order chi connectivity index (χ0) is 20.1. The van der Waals surface area contributed by atoms with Crippen molar-refractivity contribution in [1.82, 2.24) is 4.98 Å². The minimum atomic E-state index is -0.397. The molecule has 0 aliphatic rings. The first-order valence-corrected chi connectivity index (χ1v) is 8.76. The van der Waals surface area contributed by atoms with Crippen LogP contribution < -0.4 is 15.4 Å². The summed E-state index contributed by atoms with van der Waals surface area (Å²) >= 11 is 0. The van der Waals surface area contributed by atoms with Gasteiger partial charge in [-0.25, -0.2) is 0 Å². The van der Waals surface area contributed by atoms with Gasteiger partial charge in [0.2, 0.25) is 0 Å². The molecule has 3 aromatic rings. The summed E-state index contributed by atoms with van der Waals surface area (Å²) in [7, 11) is 1.58. The summed E-state index contributed by atoms with van der Waals surface area (Å²) in [6.07, 6.45) is 1.45. The highest BCUT2D eigenvalue weighted by molar-refractivity contribution is 6.08. The van der Waals surface area contributed by atoms with E-state index in [-0.39, 0.29) is 11.6 Å². The summed E-state index contributed by atoms with van der Waals surface area (Å²) in [5, 5.41) is 5.64. The average Bonchev–Trinajstić information content (AvgIpc) is 2.71. The lowest BCUT2D eigenvalue weighted by Crippen LogP contribution is -2.17. The number of aryl methyl sites for hydroxylation is 2. The van der Waals surface area contributed by atoms with Crippen molar-refractivity contribution in [3.8, 4) is 5.75 Å². The minimum absolute atomic E-state index is 0.157. The quantitative estimate of drug-likeness (QED) is 0.700. The number of nitrogens with one attached hydrogen (secondary N) is 2. The van der Waals surface area contributed by atoms with Crippen LogP contribution in [0.2, 0.25) is 0 Å². The molecule has 6 nitrogen and oxygen atoms in total. The van der Waals surface area contributed by atoms with Crippen molar-refractivity contribution in [2.45, 2.75) is 13.8 Å². The van der Waals surface area contributed by atoms with E-state index in [0.717, 1.165) is 16.8 Å². The highest BCUT2D eigenvalue weighted by Gasteiger charge is 2.13. The number of anilines is 2. The van der Waals surface area contributed by atoms with Gasteiger partial charge >= 0.3 is 0 Å². The molecule has 0 spiro atoms. The van der Waals surface area contributed by atoms with Crippen molar-refractivity contribution in [1.29, 1.82) is 0 Å². The summed E-state index contributed by atoms with van der Waals surface area (Å²) in [5.74, 6) is 0.00221. The number of aromatic nitrogens is 1. The van der Waals surface area contributed by atoms with E-state index in [4.69, 9.17) is 4.74 Å². The van der Waals surface area contributed by atoms with E-state index < -0.39 is 5.91 Å². The maximum absolute atomic E-state index is 12.6. The third kappa shape index (κ3) is 4.54. The predicted octanol–water partition coefficient (Wildman–Crippen LogP) is 4.21. The summed E-state index contributed by atoms with van der Waals surface area (Å²) in [6, 6.07) is 15.8. The van der Waals surface area contributed by atoms with Crippen LogP contribution >= 0.6 is 0 Å². The summed E-state index contributed by atoms with van der Waals surface area (Å²) in [5.41, 5.74) is 3.88. The van der Waals surface area contributed by atoms with Gasteiger partial charge in [-0.15, -0.1) is 0 Å². The second-order valence-corrected chi connectivity index (χ2v) is 6.38. The summed E-state index contributed by atoms with van der Waals surface area (Å²) in [6.45, 7) is 3.89. The molecule has 0 bridgehead atoms. The minimum Gasteiger partial charge on any atom is -0.497 e. The lowest BCUT2D eigenvalue weighted by molar-refractivity contribution is 0.102. The molecule has 0 saturated heterocycles. The Morgan fingerprint density at radius 2 is 1.64 bits per heavy atom. The molecule has 2 N–H and O–H groups in total. The maximum Gasteiger partial charge on any atom is 0.274 e. The van der Waals surface area contributed by atoms with E-state index in [1.807, 2.05) is 32.0 Å². The summed E-state index contributed by atoms with van der Waals surface area (Å²) in [4.78, 5) is 29.1. The van der Waals surface area contributed by atoms with Crippen molar-refractivity contribution >= 4 is 23.2 Å². The van der Waals surface area contributed by atoms with Gasteiger partial charge in [-0.05, 0) is 67.4 Å². The molecule has 2 aromatic carbocycles. The largest absolute Gasteiger partial charge is 0.497 e. The fourth-order valence-electron chi connectivity index (χ4n) is 2.63. The van der Waals surface area contributed by atoms with Crippen LogP contribution in [0.5, 0.6) is 5.75 Å². The Bertz CT molecular complexity index is 1010. The van der Waals surface area contributed by atoms with Gasteiger partial charge in [0.05, 0.1) is 7.11 Å². The van der Waals surface area contributed by atoms with Crippen molar-refractivity contribution in [3.63, 3.8) is 0 Å². The molecular weight excluding hydrogens is 354 g/mol. The Kier molecular flexibility index (Phi) is 5.69. The molecule has 1 aromatic heterocycles. The van der Waals surface area contributed by atoms with E-state index in [2.05, 4.69) is 15.6 Å². The third-order valence-electron chi connectivity index (χ3n) is 4.24. The molecule has 2 amide bonds. The smallest absolute Gasteiger partial charge is 0.274 e. The first kappa shape index (κ1) is 19.1. The molecule has 0 aliphatic carbocycles. The van der Waals surface area contributed by atoms with Gasteiger partial charge in [-0.1, -0.05) is 12.1 Å². The average molecular weight is 375 g/mol. The fourth-order valence-corrected chi connectivity index (χ4v) is 2.63. The number of benzene rings is 2. The van der Waals surface area contributed by atoms with E-state index in [1.165, 1.54) is 12.3 Å². The topological polar surface area (TPSA) is 80.3 Å². The Morgan fingerprint density at radius 1 is 0.893 bits per heavy atom. The van der Waals surface area contributed by atoms with Crippen molar-refractivity contribution in [2.75, 3.05) is 17.7 Å². The van der Waals surface area contributed by atoms with E-state index in [1.54, 1.807) is 37.4 Å². The number of carbonyl (C=O) groups is 2. The van der Waals surface area contributed by atoms with Crippen molar-refractivity contribution in [3.05, 3.63) is 83.2 Å². The number of nitrogens with zero attached hydrogens (tertiary/aromatic N) is 1. The molecule has 0 fully saturated rings. The number of carbonyl (C=O) groups excluding carboxylic acids is 2. The van der Waals surface area contributed by atoms with Crippen molar-refractivity contribution in [2.24, 2.45) is 0 Å². The number of ether oxygens (including phenoxy) is 1. The van der Waals surface area contributed by atoms with E-state index >= 15 is 0 Å². The molecule has 0 saturated carbocycles. The molecule has 0 aliphatic heterocycles. The standard InChI is InChI=1S/C22H21N3O3/c1-14-4-5-15(2)19(12-14)25-21(26)16-10-11-23-20(13-16)22(27)24-17-6-8-18(28-3)9-7-17/h4-13H,1-3H3,(H,24,27)(H,25,26). The number of amides is 2. The van der Waals surface area contributed by atoms with E-state index in [9.17, 15) is 9.59 Å². The Balaban J connectivity index is 1.74. The van der Waals surface area contributed by atoms with Gasteiger partial charge in [0.25, 0.3) is 11.8 Å². The molecular formula is C22H21N3O3. The van der Waals surface area contributed by atoms with Crippen LogP contribution in [0.15, 0.2) is 60.8 Å². The number of methoxy groups -OCH3 is 1. The SMILES string of the molecule is COc1ccc(NC(=O)c2cc(C(=O)Nc3cc(C)ccc3C)ccn2)cc1. The van der Waals surface area contributed by atoms with Crippen LogP contribution in [0, 0.1) is 13.8 Å². The van der Waals surface area contributed by atoms with Gasteiger partial charge in [-0.2, -0.15) is 0 Å². The second-order valence-electron chi connectivity index (χ2n) is 6.38. The molecule has 1 heterocycles. The normalized spacial score (nSPS) is 10.2. The van der Waals surface area contributed by atoms with Crippen LogP contribution in [-0.4, -0.2) is 23.9 Å². The molecule has 3 rings (SSSR count). The first-order valence-electron chi connectivity index (χ1n) is 8.76. The number of hydrogen-bond acceptors (Lipinski definition) is 4. The Morgan fingerprint density at radius 3 is 2.36 bits per heavy atom. The second kappa shape index (κ2) is 8.35. The highest BCUT2D eigenvalue weighted by Crippen LogP contribution is 2.18. The molecule has 28 heavy (non-hydrogen) atoms. The third-order valence-corrected chi connectivity index (χ3v) is 4.24. The fraction of sp³-hybridized carbons (Fsp3) is 0.136. The maximum atomic E-state index is 12.6. The van der Waals surface area contributed by atoms with Crippen LogP contribution in [0.1, 0.15) is 32.0 Å². The van der Waals surface area contributed by atoms with Gasteiger partial charge in [-0.3, -0.25) is 14.6 Å². The zero-order valence-electron chi connectivity index (χ0n) is 15.9. The number of hydrogen-bond donors (Lipinski definition) is 2. The summed E-state index contributed by atoms with van der Waals surface area (Å²) < 4.78 is 5.10. The van der Waals surface area contributed by atoms with Crippen molar-refractivity contribution < 1.29 is 14.3 Å². The van der Waals surface area contributed by atoms with Gasteiger partial charge < -0.3 is 15.4 Å². The molecule has 6 heteroatoms. The lowest BCUT2D eigenvalue weighted by Gasteiger charge is -2.10. The Labute approximate surface area is 163 Å². The molecule has 0 unspecified atom stereocenters. The lowest BCUT2D eigenvalue weighted by atomic mass is 10.1.